The fraction of sp³-hybridized carbons (Fsp3) is 0.300. The highest BCUT2D eigenvalue weighted by atomic mass is 19.1. The predicted molar refractivity (Wildman–Crippen MR) is 142 cm³/mol. The Morgan fingerprint density at radius 2 is 1.29 bits per heavy atom. The van der Waals surface area contributed by atoms with Crippen molar-refractivity contribution >= 4 is 17.8 Å². The molecular formula is C30H33FN2O5. The summed E-state index contributed by atoms with van der Waals surface area (Å²) in [6.45, 7) is 3.98. The first-order valence-corrected chi connectivity index (χ1v) is 12.6. The van der Waals surface area contributed by atoms with Gasteiger partial charge in [0.1, 0.15) is 5.82 Å². The number of likely N-dealkylation sites (tertiary alicyclic amines) is 1. The van der Waals surface area contributed by atoms with Crippen molar-refractivity contribution in [3.05, 3.63) is 107 Å². The number of carboxylic acids is 2. The van der Waals surface area contributed by atoms with E-state index in [0.717, 1.165) is 51.0 Å². The Hall–Kier alpha value is -4.04. The fourth-order valence-corrected chi connectivity index (χ4v) is 4.42. The van der Waals surface area contributed by atoms with Crippen LogP contribution in [0, 0.1) is 11.7 Å². The molecule has 0 atom stereocenters. The maximum Gasteiger partial charge on any atom is 0.414 e. The van der Waals surface area contributed by atoms with Gasteiger partial charge in [0.15, 0.2) is 0 Å². The van der Waals surface area contributed by atoms with Crippen molar-refractivity contribution in [1.29, 1.82) is 0 Å². The largest absolute Gasteiger partial charge is 0.473 e. The summed E-state index contributed by atoms with van der Waals surface area (Å²) in [5.74, 6) is -3.51. The van der Waals surface area contributed by atoms with Gasteiger partial charge in [0.2, 0.25) is 5.91 Å². The molecule has 1 aliphatic rings. The molecule has 1 aliphatic heterocycles. The van der Waals surface area contributed by atoms with Gasteiger partial charge in [-0.05, 0) is 61.2 Å². The van der Waals surface area contributed by atoms with Crippen LogP contribution in [-0.2, 0) is 33.9 Å². The van der Waals surface area contributed by atoms with Gasteiger partial charge in [-0.3, -0.25) is 9.69 Å². The number of nitrogens with zero attached hydrogens (tertiary/aromatic N) is 2. The van der Waals surface area contributed by atoms with Gasteiger partial charge in [0.05, 0.1) is 0 Å². The molecule has 0 aromatic heterocycles. The van der Waals surface area contributed by atoms with Gasteiger partial charge >= 0.3 is 11.9 Å². The van der Waals surface area contributed by atoms with Crippen molar-refractivity contribution in [2.45, 2.75) is 32.4 Å². The number of aliphatic carboxylic acids is 2. The number of rotatable bonds is 8. The summed E-state index contributed by atoms with van der Waals surface area (Å²) in [6.07, 6.45) is 2.61. The zero-order valence-corrected chi connectivity index (χ0v) is 21.2. The van der Waals surface area contributed by atoms with Crippen molar-refractivity contribution in [2.24, 2.45) is 5.92 Å². The van der Waals surface area contributed by atoms with E-state index in [4.69, 9.17) is 19.8 Å². The molecule has 1 saturated heterocycles. The molecule has 0 unspecified atom stereocenters. The van der Waals surface area contributed by atoms with E-state index in [1.165, 1.54) is 23.3 Å². The van der Waals surface area contributed by atoms with Gasteiger partial charge in [-0.15, -0.1) is 0 Å². The number of hydrogen-bond acceptors (Lipinski definition) is 4. The Bertz CT molecular complexity index is 1150. The van der Waals surface area contributed by atoms with Crippen molar-refractivity contribution in [3.8, 4) is 0 Å². The van der Waals surface area contributed by atoms with E-state index < -0.39 is 11.9 Å². The van der Waals surface area contributed by atoms with Crippen LogP contribution in [0.4, 0.5) is 4.39 Å². The van der Waals surface area contributed by atoms with E-state index in [0.29, 0.717) is 6.54 Å². The van der Waals surface area contributed by atoms with Crippen molar-refractivity contribution in [3.63, 3.8) is 0 Å². The molecule has 3 aromatic rings. The zero-order valence-electron chi connectivity index (χ0n) is 21.2. The summed E-state index contributed by atoms with van der Waals surface area (Å²) in [5, 5.41) is 14.8. The SMILES string of the molecule is O=C(C1CCN(Cc2ccc(F)cc2)CC1)N(CCc1ccccc1)Cc1ccccc1.O=C(O)C(=O)O. The average molecular weight is 521 g/mol. The quantitative estimate of drug-likeness (QED) is 0.426. The predicted octanol–water partition coefficient (Wildman–Crippen LogP) is 4.46. The number of halogens is 1. The monoisotopic (exact) mass is 520 g/mol. The van der Waals surface area contributed by atoms with Gasteiger partial charge < -0.3 is 15.1 Å². The number of carbonyl (C=O) groups is 3. The minimum absolute atomic E-state index is 0.0685. The van der Waals surface area contributed by atoms with Crippen LogP contribution in [0.2, 0.25) is 0 Å². The van der Waals surface area contributed by atoms with Gasteiger partial charge in [0, 0.05) is 25.6 Å². The second-order valence-electron chi connectivity index (χ2n) is 9.27. The standard InChI is InChI=1S/C28H31FN2O.C2H2O4/c29-27-13-11-25(12-14-27)21-30-18-16-26(17-19-30)28(32)31(22-24-9-5-2-6-10-24)20-15-23-7-3-1-4-8-23;3-1(4)2(5)6/h1-14,26H,15-22H2;(H,3,4)(H,5,6). The Balaban J connectivity index is 0.000000599. The lowest BCUT2D eigenvalue weighted by Gasteiger charge is -2.34. The van der Waals surface area contributed by atoms with Crippen LogP contribution in [0.5, 0.6) is 0 Å². The van der Waals surface area contributed by atoms with Crippen LogP contribution in [0.25, 0.3) is 0 Å². The summed E-state index contributed by atoms with van der Waals surface area (Å²) >= 11 is 0. The molecule has 38 heavy (non-hydrogen) atoms. The Labute approximate surface area is 222 Å². The minimum atomic E-state index is -1.82. The molecular weight excluding hydrogens is 487 g/mol. The third-order valence-corrected chi connectivity index (χ3v) is 6.48. The lowest BCUT2D eigenvalue weighted by molar-refractivity contribution is -0.159. The average Bonchev–Trinajstić information content (AvgIpc) is 2.94. The molecule has 0 radical (unpaired) electrons. The number of benzene rings is 3. The van der Waals surface area contributed by atoms with Crippen molar-refractivity contribution in [1.82, 2.24) is 9.80 Å². The normalized spacial score (nSPS) is 13.7. The summed E-state index contributed by atoms with van der Waals surface area (Å²) in [7, 11) is 0. The van der Waals surface area contributed by atoms with Gasteiger partial charge in [-0.25, -0.2) is 14.0 Å². The van der Waals surface area contributed by atoms with E-state index in [1.54, 1.807) is 0 Å². The molecule has 1 fully saturated rings. The summed E-state index contributed by atoms with van der Waals surface area (Å²) in [5.41, 5.74) is 3.54. The smallest absolute Gasteiger partial charge is 0.414 e. The number of piperidine rings is 1. The van der Waals surface area contributed by atoms with E-state index in [9.17, 15) is 9.18 Å². The minimum Gasteiger partial charge on any atom is -0.473 e. The van der Waals surface area contributed by atoms with E-state index in [1.807, 2.05) is 41.3 Å². The summed E-state index contributed by atoms with van der Waals surface area (Å²) < 4.78 is 13.2. The van der Waals surface area contributed by atoms with Crippen molar-refractivity contribution in [2.75, 3.05) is 19.6 Å². The third-order valence-electron chi connectivity index (χ3n) is 6.48. The highest BCUT2D eigenvalue weighted by molar-refractivity contribution is 6.27. The zero-order chi connectivity index (χ0) is 27.3. The Morgan fingerprint density at radius 1 is 0.763 bits per heavy atom. The maximum absolute atomic E-state index is 13.5. The number of hydrogen-bond donors (Lipinski definition) is 2. The fourth-order valence-electron chi connectivity index (χ4n) is 4.42. The number of carbonyl (C=O) groups excluding carboxylic acids is 1. The van der Waals surface area contributed by atoms with E-state index in [2.05, 4.69) is 41.3 Å². The van der Waals surface area contributed by atoms with E-state index >= 15 is 0 Å². The first kappa shape index (κ1) is 28.5. The molecule has 8 heteroatoms. The highest BCUT2D eigenvalue weighted by Gasteiger charge is 2.28. The number of carboxylic acid groups (broad SMARTS) is 2. The topological polar surface area (TPSA) is 98.2 Å². The first-order valence-electron chi connectivity index (χ1n) is 12.6. The highest BCUT2D eigenvalue weighted by Crippen LogP contribution is 2.23. The second-order valence-corrected chi connectivity index (χ2v) is 9.27. The van der Waals surface area contributed by atoms with Crippen molar-refractivity contribution < 1.29 is 29.0 Å². The maximum atomic E-state index is 13.5. The van der Waals surface area contributed by atoms with Gasteiger partial charge in [-0.2, -0.15) is 0 Å². The van der Waals surface area contributed by atoms with Crippen LogP contribution < -0.4 is 0 Å². The van der Waals surface area contributed by atoms with Crippen LogP contribution in [0.15, 0.2) is 84.9 Å². The molecule has 0 spiro atoms. The molecule has 0 aliphatic carbocycles. The van der Waals surface area contributed by atoms with Crippen LogP contribution in [0.3, 0.4) is 0 Å². The Kier molecular flexibility index (Phi) is 11.0. The van der Waals surface area contributed by atoms with E-state index in [-0.39, 0.29) is 17.6 Å². The third kappa shape index (κ3) is 9.44. The molecule has 0 saturated carbocycles. The molecule has 1 amide bonds. The molecule has 7 nitrogen and oxygen atoms in total. The first-order chi connectivity index (χ1) is 18.3. The molecule has 1 heterocycles. The van der Waals surface area contributed by atoms with Gasteiger partial charge in [0.25, 0.3) is 0 Å². The lowest BCUT2D eigenvalue weighted by Crippen LogP contribution is -2.42. The molecule has 0 bridgehead atoms. The summed E-state index contributed by atoms with van der Waals surface area (Å²) in [4.78, 5) is 36.1. The summed E-state index contributed by atoms with van der Waals surface area (Å²) in [6, 6.07) is 27.3. The molecule has 3 aromatic carbocycles. The Morgan fingerprint density at radius 3 is 1.82 bits per heavy atom. The lowest BCUT2D eigenvalue weighted by atomic mass is 9.94. The van der Waals surface area contributed by atoms with Crippen LogP contribution in [0.1, 0.15) is 29.5 Å². The van der Waals surface area contributed by atoms with Crippen LogP contribution >= 0.6 is 0 Å². The molecule has 4 rings (SSSR count). The van der Waals surface area contributed by atoms with Crippen LogP contribution in [-0.4, -0.2) is 57.5 Å². The second kappa shape index (κ2) is 14.6. The molecule has 2 N–H and O–H groups in total. The van der Waals surface area contributed by atoms with Gasteiger partial charge in [-0.1, -0.05) is 72.8 Å². The number of amides is 1. The molecule has 200 valence electrons.